The first-order valence-electron chi connectivity index (χ1n) is 13.7. The molecule has 2 amide bonds. The number of nitrogens with zero attached hydrogens (tertiary/aromatic N) is 2. The molecule has 0 aliphatic rings. The summed E-state index contributed by atoms with van der Waals surface area (Å²) in [6, 6.07) is 13.0. The molecule has 0 radical (unpaired) electrons. The van der Waals surface area contributed by atoms with Gasteiger partial charge >= 0.3 is 0 Å². The van der Waals surface area contributed by atoms with Crippen LogP contribution < -0.4 is 16.4 Å². The molecular formula is C30H44ClN5O3. The highest BCUT2D eigenvalue weighted by molar-refractivity contribution is 6.07. The number of rotatable bonds is 14. The Morgan fingerprint density at radius 2 is 1.77 bits per heavy atom. The normalized spacial score (nSPS) is 14.3. The van der Waals surface area contributed by atoms with Crippen LogP contribution in [0.2, 0.25) is 0 Å². The molecule has 4 atom stereocenters. The summed E-state index contributed by atoms with van der Waals surface area (Å²) in [5.41, 5.74) is 7.88. The maximum Gasteiger partial charge on any atom is 0.253 e. The molecule has 0 saturated carbocycles. The smallest absolute Gasteiger partial charge is 0.253 e. The van der Waals surface area contributed by atoms with E-state index >= 15 is 0 Å². The number of carbonyl (C=O) groups excluding carboxylic acids is 2. The molecule has 0 fully saturated rings. The molecule has 0 saturated heterocycles. The molecule has 2 heterocycles. The number of aromatic nitrogens is 2. The number of aliphatic hydroxyl groups excluding tert-OH is 1. The van der Waals surface area contributed by atoms with Gasteiger partial charge in [-0.15, -0.1) is 12.4 Å². The first-order chi connectivity index (χ1) is 18.2. The fourth-order valence-electron chi connectivity index (χ4n) is 4.67. The zero-order valence-electron chi connectivity index (χ0n) is 23.5. The average Bonchev–Trinajstić information content (AvgIpc) is 3.31. The van der Waals surface area contributed by atoms with Crippen LogP contribution in [-0.4, -0.2) is 51.7 Å². The molecule has 8 nitrogen and oxygen atoms in total. The molecule has 214 valence electrons. The predicted molar refractivity (Wildman–Crippen MR) is 159 cm³/mol. The van der Waals surface area contributed by atoms with E-state index < -0.39 is 12.1 Å². The molecule has 2 aromatic heterocycles. The summed E-state index contributed by atoms with van der Waals surface area (Å²) in [7, 11) is 0. The number of carbonyl (C=O) groups is 2. The fourth-order valence-corrected chi connectivity index (χ4v) is 4.67. The van der Waals surface area contributed by atoms with Crippen LogP contribution >= 0.6 is 12.4 Å². The van der Waals surface area contributed by atoms with E-state index in [-0.39, 0.29) is 42.0 Å². The van der Waals surface area contributed by atoms with E-state index in [1.807, 2.05) is 60.2 Å². The lowest BCUT2D eigenvalue weighted by Crippen LogP contribution is -2.42. The van der Waals surface area contributed by atoms with Gasteiger partial charge in [-0.2, -0.15) is 0 Å². The highest BCUT2D eigenvalue weighted by Crippen LogP contribution is 2.25. The van der Waals surface area contributed by atoms with Crippen LogP contribution in [-0.2, 0) is 4.79 Å². The number of halogens is 1. The molecule has 3 aromatic rings. The largest absolute Gasteiger partial charge is 0.391 e. The molecule has 0 aliphatic heterocycles. The van der Waals surface area contributed by atoms with Crippen LogP contribution in [0.25, 0.3) is 16.7 Å². The van der Waals surface area contributed by atoms with E-state index in [1.54, 1.807) is 6.20 Å². The maximum absolute atomic E-state index is 13.3. The van der Waals surface area contributed by atoms with Crippen molar-refractivity contribution in [2.45, 2.75) is 65.5 Å². The standard InChI is InChI=1S/C30H43N5O3.ClH/c1-5-6-14-33-29(37)21(4)16-27(36)25(31)17-22(20(2)3)18-34-30(38)24-19-35(28-13-9-10-15-32-28)26-12-8-7-11-23(24)26;/h7-13,15,19-22,25,27,36H,5-6,14,16-18,31H2,1-4H3,(H,33,37)(H,34,38);1H. The van der Waals surface area contributed by atoms with Crippen molar-refractivity contribution in [1.82, 2.24) is 20.2 Å². The second kappa shape index (κ2) is 15.6. The molecule has 0 bridgehead atoms. The minimum absolute atomic E-state index is 0. The van der Waals surface area contributed by atoms with E-state index in [9.17, 15) is 14.7 Å². The molecule has 9 heteroatoms. The summed E-state index contributed by atoms with van der Waals surface area (Å²) >= 11 is 0. The van der Waals surface area contributed by atoms with Crippen LogP contribution in [0.5, 0.6) is 0 Å². The highest BCUT2D eigenvalue weighted by Gasteiger charge is 2.26. The van der Waals surface area contributed by atoms with Crippen molar-refractivity contribution in [2.75, 3.05) is 13.1 Å². The molecule has 4 unspecified atom stereocenters. The van der Waals surface area contributed by atoms with E-state index in [4.69, 9.17) is 5.73 Å². The number of benzene rings is 1. The van der Waals surface area contributed by atoms with Gasteiger partial charge in [-0.3, -0.25) is 9.59 Å². The van der Waals surface area contributed by atoms with Crippen LogP contribution in [0.3, 0.4) is 0 Å². The molecule has 5 N–H and O–H groups in total. The number of hydrogen-bond donors (Lipinski definition) is 4. The number of nitrogens with one attached hydrogen (secondary N) is 2. The van der Waals surface area contributed by atoms with Crippen LogP contribution in [0.1, 0.15) is 63.7 Å². The third-order valence-corrected chi connectivity index (χ3v) is 7.26. The minimum atomic E-state index is -0.796. The van der Waals surface area contributed by atoms with Gasteiger partial charge in [0, 0.05) is 42.8 Å². The van der Waals surface area contributed by atoms with Gasteiger partial charge in [0.15, 0.2) is 0 Å². The molecule has 0 aliphatic carbocycles. The highest BCUT2D eigenvalue weighted by atomic mass is 35.5. The molecule has 0 spiro atoms. The number of nitrogens with two attached hydrogens (primary N) is 1. The van der Waals surface area contributed by atoms with Gasteiger partial charge in [0.1, 0.15) is 5.82 Å². The lowest BCUT2D eigenvalue weighted by molar-refractivity contribution is -0.125. The van der Waals surface area contributed by atoms with E-state index in [0.29, 0.717) is 31.5 Å². The lowest BCUT2D eigenvalue weighted by Gasteiger charge is -2.28. The first-order valence-corrected chi connectivity index (χ1v) is 13.7. The summed E-state index contributed by atoms with van der Waals surface area (Å²) in [5, 5.41) is 17.6. The molecular weight excluding hydrogens is 514 g/mol. The van der Waals surface area contributed by atoms with Gasteiger partial charge < -0.3 is 26.0 Å². The molecule has 3 rings (SSSR count). The first kappa shape index (κ1) is 32.3. The Labute approximate surface area is 238 Å². The van der Waals surface area contributed by atoms with Gasteiger partial charge in [0.25, 0.3) is 5.91 Å². The van der Waals surface area contributed by atoms with Crippen LogP contribution in [0, 0.1) is 17.8 Å². The number of fused-ring (bicyclic) bond motifs is 1. The van der Waals surface area contributed by atoms with Crippen molar-refractivity contribution in [3.05, 3.63) is 60.4 Å². The summed E-state index contributed by atoms with van der Waals surface area (Å²) in [6.45, 7) is 9.16. The third kappa shape index (κ3) is 8.78. The van der Waals surface area contributed by atoms with Crippen LogP contribution in [0.15, 0.2) is 54.9 Å². The summed E-state index contributed by atoms with van der Waals surface area (Å²) in [5.74, 6) is 0.535. The SMILES string of the molecule is CCCCNC(=O)C(C)CC(O)C(N)CC(CNC(=O)c1cn(-c2ccccn2)c2ccccc12)C(C)C.Cl. The Hall–Kier alpha value is -2.94. The lowest BCUT2D eigenvalue weighted by atomic mass is 9.86. The zero-order valence-corrected chi connectivity index (χ0v) is 24.3. The topological polar surface area (TPSA) is 122 Å². The van der Waals surface area contributed by atoms with Crippen molar-refractivity contribution in [2.24, 2.45) is 23.5 Å². The number of hydrogen-bond acceptors (Lipinski definition) is 5. The summed E-state index contributed by atoms with van der Waals surface area (Å²) < 4.78 is 1.93. The van der Waals surface area contributed by atoms with Gasteiger partial charge in [-0.05, 0) is 49.3 Å². The Kier molecular flexibility index (Phi) is 12.9. The number of aliphatic hydroxyl groups is 1. The van der Waals surface area contributed by atoms with Crippen molar-refractivity contribution >= 4 is 35.1 Å². The number of para-hydroxylation sites is 1. The Morgan fingerprint density at radius 1 is 1.05 bits per heavy atom. The Bertz CT molecular complexity index is 1180. The second-order valence-corrected chi connectivity index (χ2v) is 10.6. The van der Waals surface area contributed by atoms with Crippen molar-refractivity contribution in [1.29, 1.82) is 0 Å². The number of unbranched alkanes of at least 4 members (excludes halogenated alkanes) is 1. The summed E-state index contributed by atoms with van der Waals surface area (Å²) in [4.78, 5) is 30.0. The van der Waals surface area contributed by atoms with Gasteiger partial charge in [-0.1, -0.05) is 58.4 Å². The molecule has 39 heavy (non-hydrogen) atoms. The second-order valence-electron chi connectivity index (χ2n) is 10.6. The number of pyridine rings is 1. The number of amides is 2. The zero-order chi connectivity index (χ0) is 27.7. The monoisotopic (exact) mass is 557 g/mol. The maximum atomic E-state index is 13.3. The van der Waals surface area contributed by atoms with E-state index in [0.717, 1.165) is 29.6 Å². The Morgan fingerprint density at radius 3 is 2.44 bits per heavy atom. The van der Waals surface area contributed by atoms with Crippen molar-refractivity contribution in [3.8, 4) is 5.82 Å². The van der Waals surface area contributed by atoms with Gasteiger partial charge in [-0.25, -0.2) is 4.98 Å². The van der Waals surface area contributed by atoms with Crippen molar-refractivity contribution < 1.29 is 14.7 Å². The fraction of sp³-hybridized carbons (Fsp3) is 0.500. The Balaban J connectivity index is 0.00000533. The third-order valence-electron chi connectivity index (χ3n) is 7.26. The van der Waals surface area contributed by atoms with Crippen molar-refractivity contribution in [3.63, 3.8) is 0 Å². The molecule has 1 aromatic carbocycles. The summed E-state index contributed by atoms with van der Waals surface area (Å²) in [6.07, 6.45) is 5.56. The average molecular weight is 558 g/mol. The minimum Gasteiger partial charge on any atom is -0.391 e. The quantitative estimate of drug-likeness (QED) is 0.218. The van der Waals surface area contributed by atoms with Crippen LogP contribution in [0.4, 0.5) is 0 Å². The predicted octanol–water partition coefficient (Wildman–Crippen LogP) is 4.47. The van der Waals surface area contributed by atoms with E-state index in [1.165, 1.54) is 0 Å². The van der Waals surface area contributed by atoms with Gasteiger partial charge in [0.05, 0.1) is 17.2 Å². The van der Waals surface area contributed by atoms with E-state index in [2.05, 4.69) is 36.4 Å². The van der Waals surface area contributed by atoms with Gasteiger partial charge in [0.2, 0.25) is 5.91 Å².